The lowest BCUT2D eigenvalue weighted by Crippen LogP contribution is -2.31. The van der Waals surface area contributed by atoms with E-state index in [0.29, 0.717) is 21.7 Å². The average molecular weight is 440 g/mol. The van der Waals surface area contributed by atoms with Gasteiger partial charge < -0.3 is 10.6 Å². The van der Waals surface area contributed by atoms with Crippen molar-refractivity contribution in [2.75, 3.05) is 16.9 Å². The van der Waals surface area contributed by atoms with Gasteiger partial charge >= 0.3 is 0 Å². The van der Waals surface area contributed by atoms with Gasteiger partial charge in [-0.15, -0.1) is 5.10 Å². The van der Waals surface area contributed by atoms with Crippen LogP contribution in [0.3, 0.4) is 0 Å². The molecule has 0 saturated carbocycles. The molecule has 0 unspecified atom stereocenters. The summed E-state index contributed by atoms with van der Waals surface area (Å²) in [7, 11) is 0. The minimum atomic E-state index is -0.419. The number of fused-ring (bicyclic) bond motifs is 1. The summed E-state index contributed by atoms with van der Waals surface area (Å²) in [4.78, 5) is 18.0. The third kappa shape index (κ3) is 3.82. The summed E-state index contributed by atoms with van der Waals surface area (Å²) in [6, 6.07) is 13.0. The minimum Gasteiger partial charge on any atom is -0.328 e. The van der Waals surface area contributed by atoms with Crippen LogP contribution < -0.4 is 10.6 Å². The van der Waals surface area contributed by atoms with E-state index in [1.807, 2.05) is 69.5 Å². The molecule has 1 amide bonds. The van der Waals surface area contributed by atoms with Gasteiger partial charge in [0.1, 0.15) is 6.04 Å². The molecule has 6 nitrogen and oxygen atoms in total. The van der Waals surface area contributed by atoms with Crippen LogP contribution in [0.15, 0.2) is 58.9 Å². The number of nitrogens with zero attached hydrogens (tertiary/aromatic N) is 3. The highest BCUT2D eigenvalue weighted by atomic mass is 35.5. The second kappa shape index (κ2) is 8.16. The van der Waals surface area contributed by atoms with Crippen LogP contribution in [0.25, 0.3) is 0 Å². The van der Waals surface area contributed by atoms with E-state index in [9.17, 15) is 4.79 Å². The van der Waals surface area contributed by atoms with Crippen LogP contribution in [0.4, 0.5) is 11.6 Å². The van der Waals surface area contributed by atoms with Crippen molar-refractivity contribution >= 4 is 40.9 Å². The molecule has 30 heavy (non-hydrogen) atoms. The van der Waals surface area contributed by atoms with E-state index in [4.69, 9.17) is 11.6 Å². The summed E-state index contributed by atoms with van der Waals surface area (Å²) in [5.41, 5.74) is 5.18. The number of halogens is 1. The molecule has 0 bridgehead atoms. The third-order valence-electron chi connectivity index (χ3n) is 5.08. The third-order valence-corrected chi connectivity index (χ3v) is 5.87. The zero-order valence-corrected chi connectivity index (χ0v) is 18.7. The number of rotatable bonds is 4. The van der Waals surface area contributed by atoms with Gasteiger partial charge in [-0.25, -0.2) is 4.68 Å². The van der Waals surface area contributed by atoms with Gasteiger partial charge in [0.2, 0.25) is 11.1 Å². The Morgan fingerprint density at radius 3 is 2.57 bits per heavy atom. The van der Waals surface area contributed by atoms with Gasteiger partial charge in [-0.1, -0.05) is 53.2 Å². The van der Waals surface area contributed by atoms with Crippen LogP contribution in [0.5, 0.6) is 0 Å². The molecule has 0 spiro atoms. The topological polar surface area (TPSA) is 71.8 Å². The van der Waals surface area contributed by atoms with E-state index in [1.165, 1.54) is 11.8 Å². The average Bonchev–Trinajstić information content (AvgIpc) is 3.12. The van der Waals surface area contributed by atoms with E-state index >= 15 is 0 Å². The Labute approximate surface area is 184 Å². The number of hydrogen-bond donors (Lipinski definition) is 2. The fourth-order valence-corrected chi connectivity index (χ4v) is 4.08. The predicted octanol–water partition coefficient (Wildman–Crippen LogP) is 5.20. The van der Waals surface area contributed by atoms with Crippen molar-refractivity contribution in [1.29, 1.82) is 0 Å². The molecule has 4 rings (SSSR count). The van der Waals surface area contributed by atoms with Crippen molar-refractivity contribution in [3.63, 3.8) is 0 Å². The maximum atomic E-state index is 13.5. The molecule has 0 aliphatic carbocycles. The number of anilines is 2. The second-order valence-corrected chi connectivity index (χ2v) is 8.47. The number of carbonyl (C=O) groups excluding carboxylic acids is 1. The van der Waals surface area contributed by atoms with E-state index in [-0.39, 0.29) is 5.91 Å². The van der Waals surface area contributed by atoms with Crippen LogP contribution in [-0.4, -0.2) is 26.9 Å². The number of benzene rings is 2. The summed E-state index contributed by atoms with van der Waals surface area (Å²) in [6.07, 6.45) is 1.92. The van der Waals surface area contributed by atoms with Gasteiger partial charge in [-0.3, -0.25) is 4.79 Å². The summed E-state index contributed by atoms with van der Waals surface area (Å²) in [6.45, 7) is 5.90. The SMILES string of the molecule is CSc1nc2n(n1)[C@H](c1ccc(Cl)cc1)C(C(=O)Nc1ccc(C)cc1C)=C(C)N2. The fourth-order valence-electron chi connectivity index (χ4n) is 3.61. The molecule has 2 N–H and O–H groups in total. The molecular formula is C22H22ClN5OS. The van der Waals surface area contributed by atoms with Crippen LogP contribution in [0, 0.1) is 13.8 Å². The molecule has 0 radical (unpaired) electrons. The molecule has 2 heterocycles. The monoisotopic (exact) mass is 439 g/mol. The smallest absolute Gasteiger partial charge is 0.255 e. The molecule has 1 aromatic heterocycles. The van der Waals surface area contributed by atoms with Gasteiger partial charge in [0, 0.05) is 16.4 Å². The first-order valence-corrected chi connectivity index (χ1v) is 11.1. The van der Waals surface area contributed by atoms with Gasteiger partial charge in [0.05, 0.1) is 5.57 Å². The molecule has 8 heteroatoms. The van der Waals surface area contributed by atoms with E-state index in [1.54, 1.807) is 4.68 Å². The lowest BCUT2D eigenvalue weighted by Gasteiger charge is -2.29. The first-order chi connectivity index (χ1) is 14.4. The summed E-state index contributed by atoms with van der Waals surface area (Å²) >= 11 is 7.56. The Morgan fingerprint density at radius 2 is 1.90 bits per heavy atom. The number of thioether (sulfide) groups is 1. The van der Waals surface area contributed by atoms with Crippen LogP contribution in [0.1, 0.15) is 29.7 Å². The molecule has 1 aliphatic rings. The van der Waals surface area contributed by atoms with Crippen molar-refractivity contribution in [2.45, 2.75) is 32.0 Å². The number of nitrogens with one attached hydrogen (secondary N) is 2. The molecule has 154 valence electrons. The Kier molecular flexibility index (Phi) is 5.58. The Bertz CT molecular complexity index is 1150. The van der Waals surface area contributed by atoms with E-state index in [2.05, 4.69) is 20.7 Å². The molecule has 2 aromatic carbocycles. The van der Waals surface area contributed by atoms with Crippen molar-refractivity contribution in [3.05, 3.63) is 75.4 Å². The quantitative estimate of drug-likeness (QED) is 0.547. The van der Waals surface area contributed by atoms with E-state index < -0.39 is 6.04 Å². The maximum absolute atomic E-state index is 13.5. The highest BCUT2D eigenvalue weighted by molar-refractivity contribution is 7.98. The van der Waals surface area contributed by atoms with Crippen molar-refractivity contribution in [3.8, 4) is 0 Å². The van der Waals surface area contributed by atoms with Crippen molar-refractivity contribution in [1.82, 2.24) is 14.8 Å². The fraction of sp³-hybridized carbons (Fsp3) is 0.227. The lowest BCUT2D eigenvalue weighted by atomic mass is 9.95. The summed E-state index contributed by atoms with van der Waals surface area (Å²) in [5, 5.41) is 12.2. The largest absolute Gasteiger partial charge is 0.328 e. The highest BCUT2D eigenvalue weighted by Crippen LogP contribution is 2.37. The molecule has 3 aromatic rings. The number of allylic oxidation sites excluding steroid dienone is 1. The van der Waals surface area contributed by atoms with Gasteiger partial charge in [0.25, 0.3) is 5.91 Å². The molecule has 0 saturated heterocycles. The Morgan fingerprint density at radius 1 is 1.17 bits per heavy atom. The molecular weight excluding hydrogens is 418 g/mol. The van der Waals surface area contributed by atoms with Crippen LogP contribution >= 0.6 is 23.4 Å². The van der Waals surface area contributed by atoms with Gasteiger partial charge in [-0.2, -0.15) is 4.98 Å². The first kappa shape index (κ1) is 20.5. The first-order valence-electron chi connectivity index (χ1n) is 9.49. The van der Waals surface area contributed by atoms with Gasteiger partial charge in [-0.05, 0) is 56.4 Å². The van der Waals surface area contributed by atoms with E-state index in [0.717, 1.165) is 28.1 Å². The standard InChI is InChI=1S/C22H22ClN5OS/c1-12-5-10-17(13(2)11-12)25-20(29)18-14(3)24-21-26-22(30-4)27-28(21)19(18)15-6-8-16(23)9-7-15/h5-11,19H,1-4H3,(H,25,29)(H,24,26,27)/t19-/m1/s1. The molecule has 1 aliphatic heterocycles. The number of hydrogen-bond acceptors (Lipinski definition) is 5. The number of carbonyl (C=O) groups is 1. The molecule has 1 atom stereocenters. The normalized spacial score (nSPS) is 15.6. The van der Waals surface area contributed by atoms with Crippen LogP contribution in [0.2, 0.25) is 5.02 Å². The Balaban J connectivity index is 1.78. The van der Waals surface area contributed by atoms with Crippen molar-refractivity contribution < 1.29 is 4.79 Å². The zero-order chi connectivity index (χ0) is 21.4. The van der Waals surface area contributed by atoms with Crippen LogP contribution in [-0.2, 0) is 4.79 Å². The number of amides is 1. The Hall–Kier alpha value is -2.77. The second-order valence-electron chi connectivity index (χ2n) is 7.26. The maximum Gasteiger partial charge on any atom is 0.255 e. The number of aryl methyl sites for hydroxylation is 2. The summed E-state index contributed by atoms with van der Waals surface area (Å²) in [5.74, 6) is 0.429. The van der Waals surface area contributed by atoms with Gasteiger partial charge in [0.15, 0.2) is 0 Å². The summed E-state index contributed by atoms with van der Waals surface area (Å²) < 4.78 is 1.76. The minimum absolute atomic E-state index is 0.182. The highest BCUT2D eigenvalue weighted by Gasteiger charge is 2.34. The molecule has 0 fully saturated rings. The predicted molar refractivity (Wildman–Crippen MR) is 122 cm³/mol. The lowest BCUT2D eigenvalue weighted by molar-refractivity contribution is -0.113. The zero-order valence-electron chi connectivity index (χ0n) is 17.2. The van der Waals surface area contributed by atoms with Crippen molar-refractivity contribution in [2.24, 2.45) is 0 Å². The number of aromatic nitrogens is 3.